The molecule has 0 saturated heterocycles. The summed E-state index contributed by atoms with van der Waals surface area (Å²) in [5.41, 5.74) is 2.65. The third kappa shape index (κ3) is 4.85. The largest absolute Gasteiger partial charge is 0.506 e. The van der Waals surface area contributed by atoms with Crippen LogP contribution in [0.4, 0.5) is 0 Å². The van der Waals surface area contributed by atoms with Crippen molar-refractivity contribution in [2.75, 3.05) is 40.3 Å². The first kappa shape index (κ1) is 19.8. The van der Waals surface area contributed by atoms with Crippen LogP contribution in [0.5, 0.6) is 5.75 Å². The van der Waals surface area contributed by atoms with Crippen molar-refractivity contribution in [2.24, 2.45) is 0 Å². The number of fused-ring (bicyclic) bond motifs is 1. The molecule has 8 heteroatoms. The van der Waals surface area contributed by atoms with Crippen LogP contribution in [0.15, 0.2) is 42.5 Å². The van der Waals surface area contributed by atoms with Crippen LogP contribution in [-0.4, -0.2) is 75.9 Å². The fourth-order valence-electron chi connectivity index (χ4n) is 2.94. The number of hydrogen-bond acceptors (Lipinski definition) is 5. The summed E-state index contributed by atoms with van der Waals surface area (Å²) in [5, 5.41) is 30.9. The third-order valence-corrected chi connectivity index (χ3v) is 4.65. The van der Waals surface area contributed by atoms with E-state index in [0.717, 1.165) is 23.1 Å². The van der Waals surface area contributed by atoms with Gasteiger partial charge in [-0.2, -0.15) is 0 Å². The van der Waals surface area contributed by atoms with Gasteiger partial charge in [0.2, 0.25) is 5.91 Å². The first-order valence-electron chi connectivity index (χ1n) is 9.22. The minimum absolute atomic E-state index is 0.0486. The zero-order valence-electron chi connectivity index (χ0n) is 16.2. The molecular formula is C20H26N5O3+. The lowest BCUT2D eigenvalue weighted by molar-refractivity contribution is -0.889. The molecule has 0 aliphatic heterocycles. The van der Waals surface area contributed by atoms with Gasteiger partial charge in [-0.25, -0.2) is 0 Å². The minimum Gasteiger partial charge on any atom is -0.506 e. The number of nitrogens with zero attached hydrogens (tertiary/aromatic N) is 4. The number of aromatic nitrogens is 3. The van der Waals surface area contributed by atoms with Gasteiger partial charge in [0.25, 0.3) is 0 Å². The van der Waals surface area contributed by atoms with E-state index in [4.69, 9.17) is 5.11 Å². The number of hydrogen-bond donors (Lipinski definition) is 3. The SMILES string of the molecule is C[N+](C)(CCO)CCNC(=O)Cc1ccc(O)c(-n2nc3ccccc3n2)c1. The van der Waals surface area contributed by atoms with E-state index in [1.807, 2.05) is 38.4 Å². The van der Waals surface area contributed by atoms with Crippen LogP contribution in [0.3, 0.4) is 0 Å². The molecule has 0 aliphatic carbocycles. The van der Waals surface area contributed by atoms with Gasteiger partial charge in [-0.15, -0.1) is 15.0 Å². The van der Waals surface area contributed by atoms with Gasteiger partial charge in [0.05, 0.1) is 40.2 Å². The van der Waals surface area contributed by atoms with Crippen LogP contribution < -0.4 is 5.32 Å². The smallest absolute Gasteiger partial charge is 0.224 e. The number of benzene rings is 2. The van der Waals surface area contributed by atoms with Crippen molar-refractivity contribution >= 4 is 16.9 Å². The third-order valence-electron chi connectivity index (χ3n) is 4.65. The van der Waals surface area contributed by atoms with Gasteiger partial charge in [0.15, 0.2) is 0 Å². The van der Waals surface area contributed by atoms with Crippen molar-refractivity contribution in [2.45, 2.75) is 6.42 Å². The average Bonchev–Trinajstić information content (AvgIpc) is 3.07. The molecule has 8 nitrogen and oxygen atoms in total. The van der Waals surface area contributed by atoms with E-state index < -0.39 is 0 Å². The number of phenolic OH excluding ortho intramolecular Hbond substituents is 1. The highest BCUT2D eigenvalue weighted by Crippen LogP contribution is 2.23. The summed E-state index contributed by atoms with van der Waals surface area (Å²) in [5.74, 6) is -0.0493. The summed E-state index contributed by atoms with van der Waals surface area (Å²) in [6, 6.07) is 12.4. The van der Waals surface area contributed by atoms with Crippen molar-refractivity contribution in [3.05, 3.63) is 48.0 Å². The molecule has 0 bridgehead atoms. The Morgan fingerprint density at radius 3 is 2.43 bits per heavy atom. The Balaban J connectivity index is 1.67. The molecule has 0 aliphatic rings. The van der Waals surface area contributed by atoms with Crippen LogP contribution in [0, 0.1) is 0 Å². The second-order valence-electron chi connectivity index (χ2n) is 7.43. The van der Waals surface area contributed by atoms with Crippen LogP contribution in [0.2, 0.25) is 0 Å². The molecule has 148 valence electrons. The van der Waals surface area contributed by atoms with Crippen molar-refractivity contribution < 1.29 is 19.5 Å². The molecule has 0 fully saturated rings. The Bertz CT molecular complexity index is 934. The van der Waals surface area contributed by atoms with Gasteiger partial charge in [-0.1, -0.05) is 18.2 Å². The molecule has 2 aromatic carbocycles. The van der Waals surface area contributed by atoms with E-state index in [9.17, 15) is 9.90 Å². The number of carbonyl (C=O) groups excluding carboxylic acids is 1. The molecule has 0 unspecified atom stereocenters. The average molecular weight is 384 g/mol. The number of phenols is 1. The summed E-state index contributed by atoms with van der Waals surface area (Å²) >= 11 is 0. The number of amides is 1. The molecule has 0 atom stereocenters. The molecule has 1 amide bonds. The second kappa shape index (κ2) is 8.37. The molecular weight excluding hydrogens is 358 g/mol. The van der Waals surface area contributed by atoms with E-state index >= 15 is 0 Å². The van der Waals surface area contributed by atoms with Crippen LogP contribution in [0.25, 0.3) is 16.7 Å². The lowest BCUT2D eigenvalue weighted by atomic mass is 10.1. The molecule has 3 rings (SSSR count). The number of aliphatic hydroxyl groups excluding tert-OH is 1. The summed E-state index contributed by atoms with van der Waals surface area (Å²) in [6.45, 7) is 2.02. The summed E-state index contributed by atoms with van der Waals surface area (Å²) in [7, 11) is 4.02. The lowest BCUT2D eigenvalue weighted by Crippen LogP contribution is -2.47. The number of quaternary nitrogens is 1. The highest BCUT2D eigenvalue weighted by atomic mass is 16.3. The summed E-state index contributed by atoms with van der Waals surface area (Å²) < 4.78 is 0.638. The van der Waals surface area contributed by atoms with E-state index in [1.165, 1.54) is 4.80 Å². The Hall–Kier alpha value is -2.97. The topological polar surface area (TPSA) is 100 Å². The highest BCUT2D eigenvalue weighted by molar-refractivity contribution is 5.79. The Kier molecular flexibility index (Phi) is 5.91. The van der Waals surface area contributed by atoms with E-state index in [0.29, 0.717) is 23.3 Å². The van der Waals surface area contributed by atoms with E-state index in [2.05, 4.69) is 15.5 Å². The first-order valence-corrected chi connectivity index (χ1v) is 9.22. The molecule has 1 aromatic heterocycles. The monoisotopic (exact) mass is 384 g/mol. The van der Waals surface area contributed by atoms with Gasteiger partial charge in [0.1, 0.15) is 29.0 Å². The Morgan fingerprint density at radius 1 is 1.11 bits per heavy atom. The maximum absolute atomic E-state index is 12.3. The van der Waals surface area contributed by atoms with Gasteiger partial charge >= 0.3 is 0 Å². The van der Waals surface area contributed by atoms with Gasteiger partial charge in [-0.3, -0.25) is 4.79 Å². The van der Waals surface area contributed by atoms with Crippen molar-refractivity contribution in [3.8, 4) is 11.4 Å². The zero-order chi connectivity index (χ0) is 20.1. The molecule has 0 radical (unpaired) electrons. The standard InChI is InChI=1S/C20H25N5O3/c1-25(2,11-12-26)10-9-21-20(28)14-15-7-8-19(27)18(13-15)24-22-16-5-3-4-6-17(16)23-24/h3-8,13,26H,9-12,14H2,1-2H3,(H-,21,27,28)/p+1. The second-order valence-corrected chi connectivity index (χ2v) is 7.43. The number of rotatable bonds is 8. The van der Waals surface area contributed by atoms with Gasteiger partial charge in [-0.05, 0) is 29.8 Å². The maximum atomic E-state index is 12.3. The zero-order valence-corrected chi connectivity index (χ0v) is 16.2. The highest BCUT2D eigenvalue weighted by Gasteiger charge is 2.15. The number of likely N-dealkylation sites (N-methyl/N-ethyl adjacent to an activating group) is 1. The lowest BCUT2D eigenvalue weighted by Gasteiger charge is -2.28. The van der Waals surface area contributed by atoms with Crippen LogP contribution >= 0.6 is 0 Å². The minimum atomic E-state index is -0.0979. The molecule has 0 saturated carbocycles. The van der Waals surface area contributed by atoms with Crippen LogP contribution in [-0.2, 0) is 11.2 Å². The fraction of sp³-hybridized carbons (Fsp3) is 0.350. The number of aromatic hydroxyl groups is 1. The van der Waals surface area contributed by atoms with Crippen molar-refractivity contribution in [1.82, 2.24) is 20.3 Å². The van der Waals surface area contributed by atoms with E-state index in [1.54, 1.807) is 18.2 Å². The van der Waals surface area contributed by atoms with Crippen molar-refractivity contribution in [3.63, 3.8) is 0 Å². The summed E-state index contributed by atoms with van der Waals surface area (Å²) in [6.07, 6.45) is 0.196. The number of nitrogens with one attached hydrogen (secondary N) is 1. The molecule has 28 heavy (non-hydrogen) atoms. The number of carbonyl (C=O) groups is 1. The molecule has 0 spiro atoms. The van der Waals surface area contributed by atoms with Crippen molar-refractivity contribution in [1.29, 1.82) is 0 Å². The van der Waals surface area contributed by atoms with E-state index in [-0.39, 0.29) is 24.7 Å². The molecule has 1 heterocycles. The van der Waals surface area contributed by atoms with Gasteiger partial charge in [0, 0.05) is 0 Å². The fourth-order valence-corrected chi connectivity index (χ4v) is 2.94. The Labute approximate surface area is 163 Å². The predicted octanol–water partition coefficient (Wildman–Crippen LogP) is 0.854. The van der Waals surface area contributed by atoms with Crippen LogP contribution in [0.1, 0.15) is 5.56 Å². The number of aliphatic hydroxyl groups is 1. The molecule has 3 aromatic rings. The normalized spacial score (nSPS) is 11.7. The van der Waals surface area contributed by atoms with Gasteiger partial charge < -0.3 is 20.0 Å². The Morgan fingerprint density at radius 2 is 1.79 bits per heavy atom. The maximum Gasteiger partial charge on any atom is 0.224 e. The molecule has 3 N–H and O–H groups in total. The summed E-state index contributed by atoms with van der Waals surface area (Å²) in [4.78, 5) is 13.6. The quantitative estimate of drug-likeness (QED) is 0.500. The first-order chi connectivity index (χ1) is 13.4. The predicted molar refractivity (Wildman–Crippen MR) is 106 cm³/mol.